The van der Waals surface area contributed by atoms with Gasteiger partial charge in [0.05, 0.1) is 5.70 Å². The maximum absolute atomic E-state index is 4.52. The average molecular weight is 839 g/mol. The molecule has 0 heterocycles. The number of rotatable bonds is 17. The number of nitrogens with zero attached hydrogens (tertiary/aromatic N) is 2. The van der Waals surface area contributed by atoms with Crippen molar-refractivity contribution in [3.63, 3.8) is 0 Å². The van der Waals surface area contributed by atoms with E-state index in [-0.39, 0.29) is 0 Å². The Morgan fingerprint density at radius 1 is 0.492 bits per heavy atom. The van der Waals surface area contributed by atoms with Gasteiger partial charge in [0.2, 0.25) is 0 Å². The minimum atomic E-state index is 0.709. The molecule has 65 heavy (non-hydrogen) atoms. The van der Waals surface area contributed by atoms with Gasteiger partial charge in [0.25, 0.3) is 0 Å². The Labute approximate surface area is 385 Å². The maximum Gasteiger partial charge on any atom is 0.0536 e. The molecule has 0 aliphatic carbocycles. The van der Waals surface area contributed by atoms with Gasteiger partial charge in [-0.05, 0) is 123 Å². The molecule has 0 saturated carbocycles. The van der Waals surface area contributed by atoms with Gasteiger partial charge >= 0.3 is 0 Å². The molecule has 0 bridgehead atoms. The summed E-state index contributed by atoms with van der Waals surface area (Å²) in [5.41, 5.74) is 12.9. The molecular weight excluding hydrogens is 785 g/mol. The Balaban J connectivity index is 0.947. The van der Waals surface area contributed by atoms with Crippen LogP contribution in [-0.2, 0) is 0 Å². The topological polar surface area (TPSA) is 6.48 Å². The summed E-state index contributed by atoms with van der Waals surface area (Å²) >= 11 is 0. The minimum absolute atomic E-state index is 0.709. The lowest BCUT2D eigenvalue weighted by molar-refractivity contribution is 1.10. The summed E-state index contributed by atoms with van der Waals surface area (Å²) in [7, 11) is 0. The fourth-order valence-electron chi connectivity index (χ4n) is 8.20. The summed E-state index contributed by atoms with van der Waals surface area (Å²) in [6.07, 6.45) is 19.5. The van der Waals surface area contributed by atoms with Crippen LogP contribution in [0.2, 0.25) is 0 Å². The molecule has 0 fully saturated rings. The molecule has 0 spiro atoms. The standard InChI is InChI=1S/C63H54N2/c1-5-22-63(65(58-30-14-10-15-31-58)59-44-40-53(41-45-59)62-33-21-27-52-25-18-19-32-61(52)62)60(6-2)49(4)35-34-48(3)23-11-7-8-20-46-64(56-28-12-9-13-29-56)57-42-38-51(39-43-57)55-37-36-50-24-16-17-26-54(50)47-55/h5-22,24-45,47H,2-4,23,46H2,1H3/b11-7-,20-8-,22-5-,35-34-,63-60-. The molecule has 2 nitrogen and oxygen atoms in total. The quantitative estimate of drug-likeness (QED) is 0.0843. The Morgan fingerprint density at radius 3 is 1.78 bits per heavy atom. The summed E-state index contributed by atoms with van der Waals surface area (Å²) < 4.78 is 0. The molecular formula is C63H54N2. The van der Waals surface area contributed by atoms with Crippen LogP contribution in [0.15, 0.2) is 291 Å². The van der Waals surface area contributed by atoms with Gasteiger partial charge in [0, 0.05) is 34.9 Å². The molecule has 0 atom stereocenters. The zero-order valence-electron chi connectivity index (χ0n) is 37.1. The Hall–Kier alpha value is -8.20. The monoisotopic (exact) mass is 838 g/mol. The van der Waals surface area contributed by atoms with Crippen LogP contribution in [0.1, 0.15) is 13.3 Å². The van der Waals surface area contributed by atoms with Crippen LogP contribution in [0.4, 0.5) is 22.7 Å². The zero-order valence-corrected chi connectivity index (χ0v) is 37.1. The fraction of sp³-hybridized carbons (Fsp3) is 0.0476. The SMILES string of the molecule is C=C/C(C(=C)/C=C\C(=C)C/C=C\C=C/CN(c1ccccc1)c1ccc(-c2ccc3ccccc3c2)cc1)=C(\C=C/C)N(c1ccccc1)c1ccc(-c2cccc3ccccc23)cc1. The van der Waals surface area contributed by atoms with Gasteiger partial charge in [-0.3, -0.25) is 0 Å². The van der Waals surface area contributed by atoms with Gasteiger partial charge in [0.1, 0.15) is 0 Å². The summed E-state index contributed by atoms with van der Waals surface area (Å²) in [5.74, 6) is 0. The van der Waals surface area contributed by atoms with Crippen LogP contribution in [0, 0.1) is 0 Å². The van der Waals surface area contributed by atoms with E-state index in [1.54, 1.807) is 0 Å². The molecule has 0 saturated heterocycles. The largest absolute Gasteiger partial charge is 0.338 e. The third kappa shape index (κ3) is 10.5. The van der Waals surface area contributed by atoms with E-state index in [0.29, 0.717) is 6.42 Å². The number of para-hydroxylation sites is 2. The second-order valence-electron chi connectivity index (χ2n) is 15.9. The van der Waals surface area contributed by atoms with Crippen molar-refractivity contribution < 1.29 is 0 Å². The summed E-state index contributed by atoms with van der Waals surface area (Å²) in [6, 6.07) is 68.8. The van der Waals surface area contributed by atoms with Gasteiger partial charge in [-0.15, -0.1) is 0 Å². The van der Waals surface area contributed by atoms with Gasteiger partial charge in [-0.25, -0.2) is 0 Å². The molecule has 2 heteroatoms. The second kappa shape index (κ2) is 21.3. The Kier molecular flexibility index (Phi) is 14.2. The smallest absolute Gasteiger partial charge is 0.0536 e. The fourth-order valence-corrected chi connectivity index (χ4v) is 8.20. The van der Waals surface area contributed by atoms with Crippen molar-refractivity contribution in [2.75, 3.05) is 16.3 Å². The molecule has 0 N–H and O–H groups in total. The number of hydrogen-bond acceptors (Lipinski definition) is 2. The zero-order chi connectivity index (χ0) is 44.8. The number of fused-ring (bicyclic) bond motifs is 2. The molecule has 0 aliphatic heterocycles. The van der Waals surface area contributed by atoms with E-state index in [9.17, 15) is 0 Å². The van der Waals surface area contributed by atoms with Crippen LogP contribution >= 0.6 is 0 Å². The molecule has 0 radical (unpaired) electrons. The minimum Gasteiger partial charge on any atom is -0.338 e. The van der Waals surface area contributed by atoms with Crippen molar-refractivity contribution in [3.8, 4) is 22.3 Å². The van der Waals surface area contributed by atoms with Crippen molar-refractivity contribution in [1.82, 2.24) is 0 Å². The van der Waals surface area contributed by atoms with E-state index in [1.165, 1.54) is 43.8 Å². The summed E-state index contributed by atoms with van der Waals surface area (Å²) in [6.45, 7) is 15.9. The Morgan fingerprint density at radius 2 is 1.06 bits per heavy atom. The first kappa shape index (κ1) is 43.4. The van der Waals surface area contributed by atoms with Crippen LogP contribution in [0.5, 0.6) is 0 Å². The third-order valence-electron chi connectivity index (χ3n) is 11.5. The summed E-state index contributed by atoms with van der Waals surface area (Å²) in [5, 5.41) is 4.97. The van der Waals surface area contributed by atoms with Crippen LogP contribution in [-0.4, -0.2) is 6.54 Å². The van der Waals surface area contributed by atoms with Crippen LogP contribution in [0.3, 0.4) is 0 Å². The van der Waals surface area contributed by atoms with E-state index in [0.717, 1.165) is 51.7 Å². The number of anilines is 4. The van der Waals surface area contributed by atoms with Gasteiger partial charge in [-0.2, -0.15) is 0 Å². The molecule has 316 valence electrons. The number of hydrogen-bond donors (Lipinski definition) is 0. The van der Waals surface area contributed by atoms with Crippen molar-refractivity contribution in [3.05, 3.63) is 291 Å². The third-order valence-corrected chi connectivity index (χ3v) is 11.5. The molecule has 0 aromatic heterocycles. The van der Waals surface area contributed by atoms with Gasteiger partial charge in [0.15, 0.2) is 0 Å². The highest BCUT2D eigenvalue weighted by Gasteiger charge is 2.18. The predicted octanol–water partition coefficient (Wildman–Crippen LogP) is 17.5. The van der Waals surface area contributed by atoms with E-state index in [1.807, 2.05) is 25.1 Å². The number of benzene rings is 8. The number of allylic oxidation sites excluding steroid dienone is 11. The lowest BCUT2D eigenvalue weighted by atomic mass is 9.97. The first-order valence-electron chi connectivity index (χ1n) is 22.2. The van der Waals surface area contributed by atoms with Crippen molar-refractivity contribution in [1.29, 1.82) is 0 Å². The molecule has 0 amide bonds. The lowest BCUT2D eigenvalue weighted by Crippen LogP contribution is -2.17. The molecule has 8 aromatic carbocycles. The van der Waals surface area contributed by atoms with E-state index in [4.69, 9.17) is 0 Å². The van der Waals surface area contributed by atoms with Gasteiger partial charge < -0.3 is 9.80 Å². The van der Waals surface area contributed by atoms with Crippen LogP contribution < -0.4 is 9.80 Å². The van der Waals surface area contributed by atoms with Crippen molar-refractivity contribution in [2.24, 2.45) is 0 Å². The van der Waals surface area contributed by atoms with Crippen molar-refractivity contribution >= 4 is 44.3 Å². The normalized spacial score (nSPS) is 12.1. The van der Waals surface area contributed by atoms with E-state index in [2.05, 4.69) is 260 Å². The average Bonchev–Trinajstić information content (AvgIpc) is 3.36. The first-order valence-corrected chi connectivity index (χ1v) is 22.2. The van der Waals surface area contributed by atoms with E-state index >= 15 is 0 Å². The van der Waals surface area contributed by atoms with Crippen molar-refractivity contribution in [2.45, 2.75) is 13.3 Å². The molecule has 8 aromatic rings. The lowest BCUT2D eigenvalue weighted by Gasteiger charge is -2.29. The first-order chi connectivity index (χ1) is 32.0. The highest BCUT2D eigenvalue weighted by molar-refractivity contribution is 5.97. The van der Waals surface area contributed by atoms with Gasteiger partial charge in [-0.1, -0.05) is 213 Å². The van der Waals surface area contributed by atoms with Crippen LogP contribution in [0.25, 0.3) is 43.8 Å². The predicted molar refractivity (Wildman–Crippen MR) is 283 cm³/mol. The molecule has 8 rings (SSSR count). The second-order valence-corrected chi connectivity index (χ2v) is 15.9. The Bertz CT molecular complexity index is 3070. The highest BCUT2D eigenvalue weighted by Crippen LogP contribution is 2.37. The van der Waals surface area contributed by atoms with E-state index < -0.39 is 0 Å². The maximum atomic E-state index is 4.52. The summed E-state index contributed by atoms with van der Waals surface area (Å²) in [4.78, 5) is 4.60. The molecule has 0 aliphatic rings. The molecule has 0 unspecified atom stereocenters. The highest BCUT2D eigenvalue weighted by atomic mass is 15.1.